The van der Waals surface area contributed by atoms with Crippen molar-refractivity contribution in [3.63, 3.8) is 0 Å². The minimum absolute atomic E-state index is 0.219. The van der Waals surface area contributed by atoms with E-state index in [2.05, 4.69) is 33.3 Å². The normalized spacial score (nSPS) is 9.89. The van der Waals surface area contributed by atoms with Crippen LogP contribution in [0.5, 0.6) is 0 Å². The zero-order valence-corrected chi connectivity index (χ0v) is 22.1. The lowest BCUT2D eigenvalue weighted by molar-refractivity contribution is 0.0592. The van der Waals surface area contributed by atoms with Crippen LogP contribution in [-0.4, -0.2) is 63.3 Å². The van der Waals surface area contributed by atoms with Crippen molar-refractivity contribution in [1.82, 2.24) is 9.97 Å². The molecular formula is C25H34ClN5O4. The molecule has 0 amide bonds. The maximum Gasteiger partial charge on any atom is 0.338 e. The molecule has 0 saturated heterocycles. The third-order valence-corrected chi connectivity index (χ3v) is 5.22. The molecule has 0 N–H and O–H groups in total. The fourth-order valence-electron chi connectivity index (χ4n) is 2.94. The van der Waals surface area contributed by atoms with Gasteiger partial charge in [0.25, 0.3) is 0 Å². The van der Waals surface area contributed by atoms with Crippen molar-refractivity contribution in [2.75, 3.05) is 51.2 Å². The van der Waals surface area contributed by atoms with E-state index in [1.54, 1.807) is 12.1 Å². The van der Waals surface area contributed by atoms with E-state index >= 15 is 0 Å². The summed E-state index contributed by atoms with van der Waals surface area (Å²) in [7, 11) is 6.47. The molecule has 0 radical (unpaired) electrons. The Kier molecular flexibility index (Phi) is 13.1. The van der Waals surface area contributed by atoms with Gasteiger partial charge < -0.3 is 19.3 Å². The third-order valence-electron chi connectivity index (χ3n) is 5.03. The van der Waals surface area contributed by atoms with E-state index in [1.165, 1.54) is 26.4 Å². The Morgan fingerprint density at radius 3 is 1.77 bits per heavy atom. The van der Waals surface area contributed by atoms with Crippen molar-refractivity contribution in [3.05, 3.63) is 46.2 Å². The fraction of sp³-hybridized carbons (Fsp3) is 0.480. The summed E-state index contributed by atoms with van der Waals surface area (Å²) in [5.74, 6) is 0.438. The molecule has 35 heavy (non-hydrogen) atoms. The summed E-state index contributed by atoms with van der Waals surface area (Å²) in [6, 6.07) is 8.22. The number of nitrogens with zero attached hydrogens (tertiary/aromatic N) is 5. The summed E-state index contributed by atoms with van der Waals surface area (Å²) in [5, 5.41) is 9.21. The molecule has 2 aromatic heterocycles. The summed E-state index contributed by atoms with van der Waals surface area (Å²) >= 11 is 5.88. The van der Waals surface area contributed by atoms with Gasteiger partial charge in [-0.2, -0.15) is 5.26 Å². The number of methoxy groups -OCH3 is 2. The Bertz CT molecular complexity index is 1030. The first-order valence-electron chi connectivity index (χ1n) is 11.4. The number of hydrogen-bond acceptors (Lipinski definition) is 9. The van der Waals surface area contributed by atoms with Crippen molar-refractivity contribution in [3.8, 4) is 6.07 Å². The molecule has 0 aliphatic rings. The van der Waals surface area contributed by atoms with Crippen LogP contribution >= 0.6 is 11.6 Å². The smallest absolute Gasteiger partial charge is 0.338 e. The van der Waals surface area contributed by atoms with Gasteiger partial charge in [0.2, 0.25) is 0 Å². The summed E-state index contributed by atoms with van der Waals surface area (Å²) < 4.78 is 9.32. The molecule has 2 aromatic rings. The number of anilines is 2. The second kappa shape index (κ2) is 15.5. The fourth-order valence-corrected chi connectivity index (χ4v) is 3.14. The van der Waals surface area contributed by atoms with Crippen LogP contribution in [0.1, 0.15) is 65.9 Å². The van der Waals surface area contributed by atoms with Crippen molar-refractivity contribution in [1.29, 1.82) is 5.26 Å². The predicted octanol–water partition coefficient (Wildman–Crippen LogP) is 4.73. The third kappa shape index (κ3) is 9.79. The van der Waals surface area contributed by atoms with Crippen LogP contribution < -0.4 is 9.80 Å². The van der Waals surface area contributed by atoms with Gasteiger partial charge in [-0.1, -0.05) is 38.3 Å². The van der Waals surface area contributed by atoms with E-state index in [9.17, 15) is 9.59 Å². The number of pyridine rings is 2. The largest absolute Gasteiger partial charge is 0.465 e. The number of ether oxygens (including phenoxy) is 2. The van der Waals surface area contributed by atoms with Crippen molar-refractivity contribution < 1.29 is 19.1 Å². The summed E-state index contributed by atoms with van der Waals surface area (Å²) in [5.41, 5.74) is 0.990. The lowest BCUT2D eigenvalue weighted by Crippen LogP contribution is -2.20. The molecule has 190 valence electrons. The number of nitriles is 1. The van der Waals surface area contributed by atoms with Gasteiger partial charge in [-0.05, 0) is 37.1 Å². The molecule has 0 aromatic carbocycles. The molecule has 0 spiro atoms. The molecule has 0 aliphatic carbocycles. The average Bonchev–Trinajstić information content (AvgIpc) is 2.88. The highest BCUT2D eigenvalue weighted by Gasteiger charge is 2.13. The van der Waals surface area contributed by atoms with Crippen LogP contribution in [0, 0.1) is 11.3 Å². The van der Waals surface area contributed by atoms with E-state index < -0.39 is 11.9 Å². The highest BCUT2D eigenvalue weighted by Crippen LogP contribution is 2.18. The highest BCUT2D eigenvalue weighted by atomic mass is 35.5. The number of aromatic nitrogens is 2. The molecule has 0 saturated carbocycles. The van der Waals surface area contributed by atoms with Gasteiger partial charge in [0.05, 0.1) is 25.3 Å². The number of carbonyl (C=O) groups excluding carboxylic acids is 2. The van der Waals surface area contributed by atoms with Crippen LogP contribution in [0.4, 0.5) is 11.6 Å². The van der Waals surface area contributed by atoms with Gasteiger partial charge in [0.15, 0.2) is 0 Å². The molecule has 10 heteroatoms. The van der Waals surface area contributed by atoms with Gasteiger partial charge >= 0.3 is 11.9 Å². The van der Waals surface area contributed by atoms with Gasteiger partial charge in [-0.3, -0.25) is 0 Å². The predicted molar refractivity (Wildman–Crippen MR) is 137 cm³/mol. The monoisotopic (exact) mass is 503 g/mol. The number of hydrogen-bond donors (Lipinski definition) is 0. The second-order valence-corrected chi connectivity index (χ2v) is 8.17. The standard InChI is InChI=1S/C13H17N3O2.C12H17ClN2O2/c1-4-5-6-16(2)12-8-10(13(17)18-3)7-11(9-14)15-12;1-4-5-6-15(2)11-8-9(12(16)17-3)7-10(13)14-11/h7-8H,4-6H2,1-3H3;7-8H,4-6H2,1-3H3. The van der Waals surface area contributed by atoms with Crippen molar-refractivity contribution in [2.45, 2.75) is 39.5 Å². The molecule has 0 atom stereocenters. The first-order chi connectivity index (χ1) is 16.7. The van der Waals surface area contributed by atoms with E-state index in [0.717, 1.165) is 38.8 Å². The average molecular weight is 504 g/mol. The lowest BCUT2D eigenvalue weighted by atomic mass is 10.2. The van der Waals surface area contributed by atoms with E-state index in [0.29, 0.717) is 27.9 Å². The van der Waals surface area contributed by atoms with Gasteiger partial charge in [-0.25, -0.2) is 19.6 Å². The molecule has 0 unspecified atom stereocenters. The maximum absolute atomic E-state index is 11.5. The molecule has 2 rings (SSSR count). The Morgan fingerprint density at radius 2 is 1.34 bits per heavy atom. The maximum atomic E-state index is 11.5. The minimum Gasteiger partial charge on any atom is -0.465 e. The first kappa shape index (κ1) is 29.7. The summed E-state index contributed by atoms with van der Waals surface area (Å²) in [6.45, 7) is 5.94. The van der Waals surface area contributed by atoms with Gasteiger partial charge in [0.1, 0.15) is 28.6 Å². The van der Waals surface area contributed by atoms with Crippen LogP contribution in [0.15, 0.2) is 24.3 Å². The van der Waals surface area contributed by atoms with Crippen LogP contribution in [0.2, 0.25) is 5.15 Å². The van der Waals surface area contributed by atoms with Crippen LogP contribution in [0.3, 0.4) is 0 Å². The Hall–Kier alpha value is -3.38. The van der Waals surface area contributed by atoms with E-state index in [-0.39, 0.29) is 5.69 Å². The number of esters is 2. The molecule has 9 nitrogen and oxygen atoms in total. The molecule has 2 heterocycles. The molecule has 0 bridgehead atoms. The number of carbonyl (C=O) groups is 2. The highest BCUT2D eigenvalue weighted by molar-refractivity contribution is 6.29. The summed E-state index contributed by atoms with van der Waals surface area (Å²) in [6.07, 6.45) is 4.28. The first-order valence-corrected chi connectivity index (χ1v) is 11.8. The Morgan fingerprint density at radius 1 is 0.886 bits per heavy atom. The minimum atomic E-state index is -0.459. The van der Waals surface area contributed by atoms with E-state index in [1.807, 2.05) is 30.0 Å². The number of unbranched alkanes of at least 4 members (excludes halogenated alkanes) is 2. The quantitative estimate of drug-likeness (QED) is 0.335. The topological polar surface area (TPSA) is 109 Å². The molecular weight excluding hydrogens is 470 g/mol. The van der Waals surface area contributed by atoms with Crippen molar-refractivity contribution >= 4 is 35.2 Å². The number of halogens is 1. The lowest BCUT2D eigenvalue weighted by Gasteiger charge is -2.18. The van der Waals surface area contributed by atoms with Crippen molar-refractivity contribution in [2.24, 2.45) is 0 Å². The molecule has 0 aliphatic heterocycles. The summed E-state index contributed by atoms with van der Waals surface area (Å²) in [4.78, 5) is 35.2. The van der Waals surface area contributed by atoms with Crippen LogP contribution in [0.25, 0.3) is 0 Å². The zero-order valence-electron chi connectivity index (χ0n) is 21.3. The Labute approximate surface area is 212 Å². The number of rotatable bonds is 10. The van der Waals surface area contributed by atoms with Crippen LogP contribution in [-0.2, 0) is 9.47 Å². The molecule has 0 fully saturated rings. The van der Waals surface area contributed by atoms with E-state index in [4.69, 9.17) is 16.9 Å². The zero-order chi connectivity index (χ0) is 26.4. The van der Waals surface area contributed by atoms with Gasteiger partial charge in [0, 0.05) is 27.2 Å². The van der Waals surface area contributed by atoms with Gasteiger partial charge in [-0.15, -0.1) is 0 Å². The SMILES string of the molecule is CCCCN(C)c1cc(C(=O)OC)cc(C#N)n1.CCCCN(C)c1cc(C(=O)OC)cc(Cl)n1. The second-order valence-electron chi connectivity index (χ2n) is 7.78. The Balaban J connectivity index is 0.000000351.